The molecule has 0 spiro atoms. The second kappa shape index (κ2) is 4.64. The standard InChI is InChI=1S/C12H19N3/c13-11-4-1-3-10(7-11)8-15-6-2-5-12(14)9-15/h1,3-4,7,12H,2,5-6,8-9,13-14H2. The topological polar surface area (TPSA) is 55.3 Å². The molecule has 4 N–H and O–H groups in total. The Hall–Kier alpha value is -1.06. The SMILES string of the molecule is Nc1cccc(CN2CCCC(N)C2)c1. The largest absolute Gasteiger partial charge is 0.399 e. The van der Waals surface area contributed by atoms with Gasteiger partial charge in [0.05, 0.1) is 0 Å². The van der Waals surface area contributed by atoms with Gasteiger partial charge in [0.2, 0.25) is 0 Å². The van der Waals surface area contributed by atoms with Gasteiger partial charge in [-0.15, -0.1) is 0 Å². The first-order valence-electron chi connectivity index (χ1n) is 5.56. The second-order valence-corrected chi connectivity index (χ2v) is 4.38. The molecule has 1 aromatic carbocycles. The lowest BCUT2D eigenvalue weighted by Crippen LogP contribution is -2.42. The zero-order valence-corrected chi connectivity index (χ0v) is 9.02. The van der Waals surface area contributed by atoms with Crippen LogP contribution in [-0.4, -0.2) is 24.0 Å². The van der Waals surface area contributed by atoms with Crippen LogP contribution in [0.2, 0.25) is 0 Å². The highest BCUT2D eigenvalue weighted by molar-refractivity contribution is 5.40. The molecule has 1 aliphatic rings. The molecule has 3 nitrogen and oxygen atoms in total. The maximum atomic E-state index is 5.94. The van der Waals surface area contributed by atoms with Gasteiger partial charge in [0.1, 0.15) is 0 Å². The molecule has 3 heteroatoms. The Morgan fingerprint density at radius 2 is 2.27 bits per heavy atom. The van der Waals surface area contributed by atoms with E-state index in [0.29, 0.717) is 6.04 Å². The number of anilines is 1. The Bertz CT molecular complexity index is 324. The van der Waals surface area contributed by atoms with Crippen LogP contribution in [0.25, 0.3) is 0 Å². The van der Waals surface area contributed by atoms with Crippen LogP contribution in [0.3, 0.4) is 0 Å². The molecule has 0 aliphatic carbocycles. The van der Waals surface area contributed by atoms with Crippen molar-refractivity contribution in [1.29, 1.82) is 0 Å². The van der Waals surface area contributed by atoms with Crippen molar-refractivity contribution in [1.82, 2.24) is 4.90 Å². The molecular weight excluding hydrogens is 186 g/mol. The number of nitrogens with two attached hydrogens (primary N) is 2. The van der Waals surface area contributed by atoms with E-state index in [9.17, 15) is 0 Å². The number of piperidine rings is 1. The van der Waals surface area contributed by atoms with Crippen LogP contribution in [-0.2, 0) is 6.54 Å². The van der Waals surface area contributed by atoms with Gasteiger partial charge in [0.25, 0.3) is 0 Å². The molecule has 1 aliphatic heterocycles. The molecule has 1 atom stereocenters. The van der Waals surface area contributed by atoms with Gasteiger partial charge in [-0.2, -0.15) is 0 Å². The Balaban J connectivity index is 1.96. The molecule has 1 saturated heterocycles. The zero-order valence-electron chi connectivity index (χ0n) is 9.02. The molecule has 0 amide bonds. The quantitative estimate of drug-likeness (QED) is 0.713. The number of rotatable bonds is 2. The van der Waals surface area contributed by atoms with Crippen molar-refractivity contribution in [2.24, 2.45) is 5.73 Å². The van der Waals surface area contributed by atoms with Gasteiger partial charge >= 0.3 is 0 Å². The molecule has 0 aromatic heterocycles. The zero-order chi connectivity index (χ0) is 10.7. The monoisotopic (exact) mass is 205 g/mol. The smallest absolute Gasteiger partial charge is 0.0317 e. The lowest BCUT2D eigenvalue weighted by Gasteiger charge is -2.30. The molecule has 15 heavy (non-hydrogen) atoms. The van der Waals surface area contributed by atoms with Crippen molar-refractivity contribution in [3.05, 3.63) is 29.8 Å². The van der Waals surface area contributed by atoms with Crippen LogP contribution in [0.5, 0.6) is 0 Å². The summed E-state index contributed by atoms with van der Waals surface area (Å²) in [5.74, 6) is 0. The molecule has 1 fully saturated rings. The molecule has 0 bridgehead atoms. The highest BCUT2D eigenvalue weighted by atomic mass is 15.1. The van der Waals surface area contributed by atoms with Crippen LogP contribution in [0.1, 0.15) is 18.4 Å². The number of likely N-dealkylation sites (tertiary alicyclic amines) is 1. The average molecular weight is 205 g/mol. The maximum absolute atomic E-state index is 5.94. The van der Waals surface area contributed by atoms with E-state index in [2.05, 4.69) is 11.0 Å². The molecule has 1 heterocycles. The van der Waals surface area contributed by atoms with Gasteiger partial charge in [-0.3, -0.25) is 4.90 Å². The molecule has 0 saturated carbocycles. The fourth-order valence-corrected chi connectivity index (χ4v) is 2.18. The third-order valence-electron chi connectivity index (χ3n) is 2.90. The maximum Gasteiger partial charge on any atom is 0.0317 e. The number of hydrogen-bond acceptors (Lipinski definition) is 3. The van der Waals surface area contributed by atoms with Gasteiger partial charge in [0.15, 0.2) is 0 Å². The Morgan fingerprint density at radius 3 is 3.00 bits per heavy atom. The van der Waals surface area contributed by atoms with Crippen LogP contribution in [0.4, 0.5) is 5.69 Å². The van der Waals surface area contributed by atoms with E-state index in [0.717, 1.165) is 31.7 Å². The number of benzene rings is 1. The van der Waals surface area contributed by atoms with Crippen LogP contribution < -0.4 is 11.5 Å². The minimum absolute atomic E-state index is 0.347. The summed E-state index contributed by atoms with van der Waals surface area (Å²) >= 11 is 0. The molecule has 1 unspecified atom stereocenters. The summed E-state index contributed by atoms with van der Waals surface area (Å²) < 4.78 is 0. The molecule has 0 radical (unpaired) electrons. The first-order chi connectivity index (χ1) is 7.24. The van der Waals surface area contributed by atoms with E-state index in [1.54, 1.807) is 0 Å². The predicted molar refractivity (Wildman–Crippen MR) is 63.3 cm³/mol. The summed E-state index contributed by atoms with van der Waals surface area (Å²) in [7, 11) is 0. The molecule has 2 rings (SSSR count). The van der Waals surface area contributed by atoms with Crippen molar-refractivity contribution in [3.8, 4) is 0 Å². The lowest BCUT2D eigenvalue weighted by molar-refractivity contribution is 0.201. The normalized spacial score (nSPS) is 22.9. The van der Waals surface area contributed by atoms with Gasteiger partial charge < -0.3 is 11.5 Å². The van der Waals surface area contributed by atoms with E-state index in [4.69, 9.17) is 11.5 Å². The summed E-state index contributed by atoms with van der Waals surface area (Å²) in [4.78, 5) is 2.41. The first kappa shape index (κ1) is 10.5. The summed E-state index contributed by atoms with van der Waals surface area (Å²) in [5.41, 5.74) is 13.8. The second-order valence-electron chi connectivity index (χ2n) is 4.38. The van der Waals surface area contributed by atoms with E-state index >= 15 is 0 Å². The van der Waals surface area contributed by atoms with Gasteiger partial charge in [-0.25, -0.2) is 0 Å². The first-order valence-corrected chi connectivity index (χ1v) is 5.56. The van der Waals surface area contributed by atoms with Gasteiger partial charge in [0, 0.05) is 24.8 Å². The predicted octanol–water partition coefficient (Wildman–Crippen LogP) is 1.19. The van der Waals surface area contributed by atoms with E-state index in [-0.39, 0.29) is 0 Å². The summed E-state index contributed by atoms with van der Waals surface area (Å²) in [6, 6.07) is 8.44. The Morgan fingerprint density at radius 1 is 1.40 bits per heavy atom. The number of nitrogens with zero attached hydrogens (tertiary/aromatic N) is 1. The van der Waals surface area contributed by atoms with Gasteiger partial charge in [-0.1, -0.05) is 12.1 Å². The molecule has 1 aromatic rings. The van der Waals surface area contributed by atoms with Crippen molar-refractivity contribution < 1.29 is 0 Å². The van der Waals surface area contributed by atoms with Crippen molar-refractivity contribution in [3.63, 3.8) is 0 Å². The van der Waals surface area contributed by atoms with Crippen LogP contribution in [0, 0.1) is 0 Å². The third kappa shape index (κ3) is 2.94. The minimum Gasteiger partial charge on any atom is -0.399 e. The highest BCUT2D eigenvalue weighted by Gasteiger charge is 2.16. The Labute approximate surface area is 91.1 Å². The minimum atomic E-state index is 0.347. The van der Waals surface area contributed by atoms with Crippen molar-refractivity contribution in [2.45, 2.75) is 25.4 Å². The number of hydrogen-bond donors (Lipinski definition) is 2. The molecular formula is C12H19N3. The van der Waals surface area contributed by atoms with Crippen LogP contribution in [0.15, 0.2) is 24.3 Å². The fourth-order valence-electron chi connectivity index (χ4n) is 2.18. The third-order valence-corrected chi connectivity index (χ3v) is 2.90. The van der Waals surface area contributed by atoms with E-state index in [1.165, 1.54) is 12.0 Å². The van der Waals surface area contributed by atoms with E-state index < -0.39 is 0 Å². The lowest BCUT2D eigenvalue weighted by atomic mass is 10.1. The van der Waals surface area contributed by atoms with Crippen molar-refractivity contribution >= 4 is 5.69 Å². The molecule has 82 valence electrons. The Kier molecular flexibility index (Phi) is 3.23. The summed E-state index contributed by atoms with van der Waals surface area (Å²) in [6.45, 7) is 3.13. The number of nitrogen functional groups attached to an aromatic ring is 1. The van der Waals surface area contributed by atoms with Gasteiger partial charge in [-0.05, 0) is 37.1 Å². The fraction of sp³-hybridized carbons (Fsp3) is 0.500. The van der Waals surface area contributed by atoms with Crippen molar-refractivity contribution in [2.75, 3.05) is 18.8 Å². The van der Waals surface area contributed by atoms with E-state index in [1.807, 2.05) is 18.2 Å². The summed E-state index contributed by atoms with van der Waals surface area (Å²) in [6.07, 6.45) is 2.37. The highest BCUT2D eigenvalue weighted by Crippen LogP contribution is 2.14. The van der Waals surface area contributed by atoms with Crippen LogP contribution >= 0.6 is 0 Å². The summed E-state index contributed by atoms with van der Waals surface area (Å²) in [5, 5.41) is 0. The average Bonchev–Trinajstić information content (AvgIpc) is 2.17.